The molecular weight excluding hydrogens is 352 g/mol. The van der Waals surface area contributed by atoms with Gasteiger partial charge >= 0.3 is 0 Å². The Balaban J connectivity index is 2.01. The van der Waals surface area contributed by atoms with Gasteiger partial charge in [-0.2, -0.15) is 0 Å². The van der Waals surface area contributed by atoms with Gasteiger partial charge in [-0.15, -0.1) is 0 Å². The maximum Gasteiger partial charge on any atom is 0.125 e. The van der Waals surface area contributed by atoms with Gasteiger partial charge in [0.1, 0.15) is 5.75 Å². The number of ether oxygens (including phenoxy) is 1. The summed E-state index contributed by atoms with van der Waals surface area (Å²) in [4.78, 5) is 0. The van der Waals surface area contributed by atoms with Gasteiger partial charge in [0.05, 0.1) is 7.11 Å². The third kappa shape index (κ3) is 3.26. The molecule has 0 aromatic heterocycles. The summed E-state index contributed by atoms with van der Waals surface area (Å²) < 4.78 is 5.83. The van der Waals surface area contributed by atoms with E-state index in [1.807, 2.05) is 6.07 Å². The number of para-hydroxylation sites is 1. The number of methoxy groups -OCH3 is 1. The van der Waals surface area contributed by atoms with Crippen molar-refractivity contribution in [2.24, 2.45) is 5.92 Å². The molecular formula is C25H25ClO. The molecule has 0 radical (unpaired) electrons. The average molecular weight is 377 g/mol. The van der Waals surface area contributed by atoms with E-state index in [1.54, 1.807) is 7.11 Å². The summed E-state index contributed by atoms with van der Waals surface area (Å²) in [6.45, 7) is 4.47. The van der Waals surface area contributed by atoms with Crippen LogP contribution in [-0.2, 0) is 6.42 Å². The molecule has 0 saturated carbocycles. The highest BCUT2D eigenvalue weighted by Gasteiger charge is 2.30. The molecule has 138 valence electrons. The molecule has 1 aliphatic rings. The van der Waals surface area contributed by atoms with Crippen LogP contribution >= 0.6 is 11.6 Å². The van der Waals surface area contributed by atoms with E-state index in [-0.39, 0.29) is 5.92 Å². The van der Waals surface area contributed by atoms with Crippen molar-refractivity contribution in [3.63, 3.8) is 0 Å². The molecule has 2 heteroatoms. The Kier molecular flexibility index (Phi) is 4.97. The second-order valence-electron chi connectivity index (χ2n) is 7.58. The number of hydrogen-bond donors (Lipinski definition) is 0. The van der Waals surface area contributed by atoms with Gasteiger partial charge in [-0.3, -0.25) is 0 Å². The van der Waals surface area contributed by atoms with Crippen molar-refractivity contribution in [2.45, 2.75) is 32.6 Å². The smallest absolute Gasteiger partial charge is 0.125 e. The minimum absolute atomic E-state index is 0.252. The van der Waals surface area contributed by atoms with Crippen LogP contribution in [0.2, 0.25) is 5.02 Å². The Labute approximate surface area is 167 Å². The second-order valence-corrected chi connectivity index (χ2v) is 8.02. The van der Waals surface area contributed by atoms with Gasteiger partial charge in [-0.25, -0.2) is 0 Å². The highest BCUT2D eigenvalue weighted by atomic mass is 35.5. The van der Waals surface area contributed by atoms with Gasteiger partial charge in [0.15, 0.2) is 0 Å². The van der Waals surface area contributed by atoms with Crippen molar-refractivity contribution < 1.29 is 4.74 Å². The van der Waals surface area contributed by atoms with Crippen molar-refractivity contribution in [1.82, 2.24) is 0 Å². The Morgan fingerprint density at radius 3 is 2.56 bits per heavy atom. The summed E-state index contributed by atoms with van der Waals surface area (Å²) in [5, 5.41) is 0.788. The SMILES string of the molecule is COc1c(C)cccc1[C@@H]1c2cc(Cl)ccc2-c2ccccc2CCC1C. The van der Waals surface area contributed by atoms with Gasteiger partial charge in [-0.1, -0.05) is 67.1 Å². The number of fused-ring (bicyclic) bond motifs is 3. The Morgan fingerprint density at radius 2 is 1.74 bits per heavy atom. The van der Waals surface area contributed by atoms with E-state index in [4.69, 9.17) is 16.3 Å². The minimum atomic E-state index is 0.252. The lowest BCUT2D eigenvalue weighted by molar-refractivity contribution is 0.392. The number of aryl methyl sites for hydroxylation is 2. The Morgan fingerprint density at radius 1 is 0.926 bits per heavy atom. The molecule has 2 atom stereocenters. The maximum absolute atomic E-state index is 6.47. The summed E-state index contributed by atoms with van der Waals surface area (Å²) in [7, 11) is 1.77. The van der Waals surface area contributed by atoms with Crippen molar-refractivity contribution >= 4 is 11.6 Å². The number of rotatable bonds is 2. The van der Waals surface area contributed by atoms with Crippen molar-refractivity contribution in [3.05, 3.63) is 87.9 Å². The van der Waals surface area contributed by atoms with E-state index >= 15 is 0 Å². The van der Waals surface area contributed by atoms with Gasteiger partial charge in [0, 0.05) is 16.5 Å². The molecule has 1 nitrogen and oxygen atoms in total. The lowest BCUT2D eigenvalue weighted by Gasteiger charge is -2.32. The third-order valence-corrected chi connectivity index (χ3v) is 6.11. The summed E-state index contributed by atoms with van der Waals surface area (Å²) in [5.41, 5.74) is 7.76. The largest absolute Gasteiger partial charge is 0.496 e. The molecule has 27 heavy (non-hydrogen) atoms. The molecule has 0 amide bonds. The number of halogens is 1. The Bertz CT molecular complexity index is 976. The molecule has 0 heterocycles. The zero-order valence-electron chi connectivity index (χ0n) is 16.1. The summed E-state index contributed by atoms with van der Waals surface area (Å²) in [6.07, 6.45) is 2.22. The van der Waals surface area contributed by atoms with Gasteiger partial charge < -0.3 is 4.74 Å². The van der Waals surface area contributed by atoms with Crippen molar-refractivity contribution in [1.29, 1.82) is 0 Å². The van der Waals surface area contributed by atoms with Crippen LogP contribution in [0.25, 0.3) is 11.1 Å². The van der Waals surface area contributed by atoms with Crippen LogP contribution in [0.5, 0.6) is 5.75 Å². The number of benzene rings is 3. The van der Waals surface area contributed by atoms with E-state index in [0.29, 0.717) is 5.92 Å². The summed E-state index contributed by atoms with van der Waals surface area (Å²) >= 11 is 6.47. The van der Waals surface area contributed by atoms with Crippen LogP contribution in [0.15, 0.2) is 60.7 Å². The highest BCUT2D eigenvalue weighted by Crippen LogP contribution is 2.46. The normalized spacial score (nSPS) is 18.8. The molecule has 3 aromatic rings. The molecule has 0 spiro atoms. The first-order chi connectivity index (χ1) is 13.1. The van der Waals surface area contributed by atoms with Gasteiger partial charge in [-0.05, 0) is 65.6 Å². The van der Waals surface area contributed by atoms with E-state index in [9.17, 15) is 0 Å². The predicted octanol–water partition coefficient (Wildman–Crippen LogP) is 7.04. The molecule has 1 unspecified atom stereocenters. The quantitative estimate of drug-likeness (QED) is 0.466. The summed E-state index contributed by atoms with van der Waals surface area (Å²) in [5.74, 6) is 1.72. The fourth-order valence-electron chi connectivity index (χ4n) is 4.57. The van der Waals surface area contributed by atoms with Crippen LogP contribution < -0.4 is 4.74 Å². The van der Waals surface area contributed by atoms with Crippen LogP contribution in [0, 0.1) is 12.8 Å². The average Bonchev–Trinajstić information content (AvgIpc) is 2.66. The molecule has 0 fully saturated rings. The highest BCUT2D eigenvalue weighted by molar-refractivity contribution is 6.30. The van der Waals surface area contributed by atoms with E-state index < -0.39 is 0 Å². The van der Waals surface area contributed by atoms with Crippen LogP contribution in [0.4, 0.5) is 0 Å². The standard InChI is InChI=1S/C25H25ClO/c1-16-11-12-18-8-4-5-9-20(18)21-14-13-19(26)15-23(21)24(16)22-10-6-7-17(2)25(22)27-3/h4-10,13-16,24H,11-12H2,1-3H3/t16?,24-/m1/s1. The molecule has 0 saturated heterocycles. The Hall–Kier alpha value is -2.25. The predicted molar refractivity (Wildman–Crippen MR) is 114 cm³/mol. The van der Waals surface area contributed by atoms with Crippen LogP contribution in [0.1, 0.15) is 41.5 Å². The van der Waals surface area contributed by atoms with Crippen molar-refractivity contribution in [3.8, 4) is 16.9 Å². The first-order valence-electron chi connectivity index (χ1n) is 9.61. The maximum atomic E-state index is 6.47. The molecule has 3 aromatic carbocycles. The topological polar surface area (TPSA) is 9.23 Å². The van der Waals surface area contributed by atoms with E-state index in [0.717, 1.165) is 23.6 Å². The minimum Gasteiger partial charge on any atom is -0.496 e. The van der Waals surface area contributed by atoms with Crippen LogP contribution in [0.3, 0.4) is 0 Å². The van der Waals surface area contributed by atoms with E-state index in [2.05, 4.69) is 68.4 Å². The molecule has 4 rings (SSSR count). The second kappa shape index (κ2) is 7.40. The van der Waals surface area contributed by atoms with E-state index in [1.165, 1.54) is 33.4 Å². The molecule has 1 aliphatic carbocycles. The molecule has 0 aliphatic heterocycles. The monoisotopic (exact) mass is 376 g/mol. The third-order valence-electron chi connectivity index (χ3n) is 5.88. The zero-order valence-corrected chi connectivity index (χ0v) is 16.9. The lowest BCUT2D eigenvalue weighted by atomic mass is 9.73. The first kappa shape index (κ1) is 18.1. The van der Waals surface area contributed by atoms with Crippen LogP contribution in [-0.4, -0.2) is 7.11 Å². The fourth-order valence-corrected chi connectivity index (χ4v) is 4.75. The van der Waals surface area contributed by atoms with Gasteiger partial charge in [0.2, 0.25) is 0 Å². The van der Waals surface area contributed by atoms with Crippen molar-refractivity contribution in [2.75, 3.05) is 7.11 Å². The molecule has 0 N–H and O–H groups in total. The molecule has 0 bridgehead atoms. The fraction of sp³-hybridized carbons (Fsp3) is 0.280. The number of hydrogen-bond acceptors (Lipinski definition) is 1. The first-order valence-corrected chi connectivity index (χ1v) is 9.99. The summed E-state index contributed by atoms with van der Waals surface area (Å²) in [6, 6.07) is 21.6. The lowest BCUT2D eigenvalue weighted by Crippen LogP contribution is -2.17. The zero-order chi connectivity index (χ0) is 19.0. The van der Waals surface area contributed by atoms with Gasteiger partial charge in [0.25, 0.3) is 0 Å².